The number of nitrogens with two attached hydrogens (primary N) is 2. The van der Waals surface area contributed by atoms with Crippen molar-refractivity contribution in [1.82, 2.24) is 83.1 Å². The third-order valence-electron chi connectivity index (χ3n) is 19.0. The molecule has 19 rings (SSSR count). The molecule has 3 fully saturated rings. The van der Waals surface area contributed by atoms with E-state index in [0.29, 0.717) is 78.1 Å². The summed E-state index contributed by atoms with van der Waals surface area (Å²) >= 11 is 17.1. The number of benzene rings is 4. The van der Waals surface area contributed by atoms with Crippen molar-refractivity contribution in [3.8, 4) is 33.8 Å². The van der Waals surface area contributed by atoms with Gasteiger partial charge in [-0.05, 0) is 119 Å². The van der Waals surface area contributed by atoms with E-state index in [1.54, 1.807) is 100 Å². The predicted octanol–water partition coefficient (Wildman–Crippen LogP) is 9.29. The predicted molar refractivity (Wildman–Crippen MR) is 480 cm³/mol. The Bertz CT molecular complexity index is 6520. The molecule has 0 amide bonds. The van der Waals surface area contributed by atoms with Crippen LogP contribution in [-0.2, 0) is 12.6 Å². The molecule has 626 valence electrons. The van der Waals surface area contributed by atoms with Crippen LogP contribution in [-0.4, -0.2) is 214 Å². The molecule has 30 nitrogen and oxygen atoms in total. The van der Waals surface area contributed by atoms with E-state index in [-0.39, 0.29) is 68.7 Å². The molecule has 15 heterocycles. The Morgan fingerprint density at radius 2 is 0.869 bits per heavy atom. The van der Waals surface area contributed by atoms with Gasteiger partial charge in [0.05, 0.1) is 39.1 Å². The van der Waals surface area contributed by atoms with Crippen molar-refractivity contribution >= 4 is 165 Å². The molecular weight excluding hydrogens is 1740 g/mol. The molecule has 39 heteroatoms. The first-order chi connectivity index (χ1) is 58.5. The number of imidazole rings is 3. The zero-order valence-electron chi connectivity index (χ0n) is 67.5. The van der Waals surface area contributed by atoms with Crippen molar-refractivity contribution in [1.29, 1.82) is 0 Å². The van der Waals surface area contributed by atoms with Crippen molar-refractivity contribution < 1.29 is 60.8 Å². The van der Waals surface area contributed by atoms with Crippen LogP contribution in [0.4, 0.5) is 31.8 Å². The minimum Gasteiger partial charge on any atom is -0.796 e. The molecule has 0 unspecified atom stereocenters. The van der Waals surface area contributed by atoms with Crippen LogP contribution in [0.1, 0.15) is 10.4 Å². The topological polar surface area (TPSA) is 360 Å². The molecule has 3 saturated heterocycles. The first-order valence-electron chi connectivity index (χ1n) is 37.4. The molecule has 0 saturated carbocycles. The fourth-order valence-electron chi connectivity index (χ4n) is 12.5. The second kappa shape index (κ2) is 44.0. The van der Waals surface area contributed by atoms with Crippen LogP contribution in [0.2, 0.25) is 5.15 Å². The number of aromatic nitrogens is 13. The summed E-state index contributed by atoms with van der Waals surface area (Å²) < 4.78 is 52.8. The first-order valence-corrected chi connectivity index (χ1v) is 43.3. The van der Waals surface area contributed by atoms with Gasteiger partial charge >= 0.3 is 52.1 Å². The number of hydrogen-bond acceptors (Lipinski definition) is 31. The molecule has 16 aromatic rings. The maximum atomic E-state index is 13.2. The number of ketones is 1. The van der Waals surface area contributed by atoms with Gasteiger partial charge in [-0.3, -0.25) is 18.0 Å². The number of likely N-dealkylation sites (N-methyl/N-ethyl adjacent to an activating group) is 3. The van der Waals surface area contributed by atoms with E-state index in [4.69, 9.17) is 40.7 Å². The molecule has 3 aliphatic rings. The van der Waals surface area contributed by atoms with Gasteiger partial charge in [0.25, 0.3) is 0 Å². The monoisotopic (exact) mass is 1820 g/mol. The normalized spacial score (nSPS) is 13.5. The Morgan fingerprint density at radius 1 is 0.475 bits per heavy atom. The Hall–Kier alpha value is -10.5. The first kappa shape index (κ1) is 92.2. The van der Waals surface area contributed by atoms with Crippen LogP contribution < -0.4 is 78.6 Å². The molecule has 12 aromatic heterocycles. The smallest absolute Gasteiger partial charge is 0.796 e. The van der Waals surface area contributed by atoms with Crippen molar-refractivity contribution in [2.75, 3.05) is 151 Å². The fraction of sp³-hybridized carbons (Fsp3) is 0.241. The zero-order chi connectivity index (χ0) is 85.8. The number of Topliss-reactive ketones (excluding diaryl/α,β-unsaturated/α-hetero) is 1. The molecule has 0 atom stereocenters. The number of fused-ring (bicyclic) bond motifs is 7. The van der Waals surface area contributed by atoms with Crippen LogP contribution in [0.25, 0.3) is 94.6 Å². The number of nitrogens with zero attached hydrogens (tertiary/aromatic N) is 18. The molecule has 4 aromatic carbocycles. The number of carbonyl (C=O) groups excluding carboxylic acids is 1. The maximum absolute atomic E-state index is 13.2. The van der Waals surface area contributed by atoms with Crippen LogP contribution in [0.5, 0.6) is 0 Å². The van der Waals surface area contributed by atoms with Gasteiger partial charge in [-0.1, -0.05) is 27.5 Å². The van der Waals surface area contributed by atoms with Crippen LogP contribution in [0, 0.1) is 11.6 Å². The Kier molecular flexibility index (Phi) is 33.3. The average molecular weight is 1820 g/mol. The van der Waals surface area contributed by atoms with Crippen LogP contribution in [0.3, 0.4) is 0 Å². The third-order valence-corrected chi connectivity index (χ3v) is 21.7. The number of anilines is 4. The van der Waals surface area contributed by atoms with Crippen LogP contribution in [0.15, 0.2) is 236 Å². The Balaban J connectivity index is 0.000000146. The number of nitrogen functional groups attached to an aromatic ring is 2. The number of piperazine rings is 3. The molecule has 0 bridgehead atoms. The number of thioether (sulfide) groups is 3. The number of halogens is 4. The summed E-state index contributed by atoms with van der Waals surface area (Å²) in [6.07, 6.45) is 22.2. The molecule has 3 aliphatic heterocycles. The fourth-order valence-corrected chi connectivity index (χ4v) is 14.1. The summed E-state index contributed by atoms with van der Waals surface area (Å²) in [5.41, 5.74) is 17.3. The number of alkyl halides is 1. The second-order valence-electron chi connectivity index (χ2n) is 27.2. The Labute approximate surface area is 750 Å². The summed E-state index contributed by atoms with van der Waals surface area (Å²) in [5.74, 6) is -0.383. The van der Waals surface area contributed by atoms with Gasteiger partial charge in [0, 0.05) is 185 Å². The molecule has 0 radical (unpaired) electrons. The maximum Gasteiger partial charge on any atom is 1.00 e. The van der Waals surface area contributed by atoms with Crippen molar-refractivity contribution in [3.63, 3.8) is 0 Å². The molecular formula is C83H82BrClF2N21NaO9S4. The number of carbonyl (C=O) groups is 1. The van der Waals surface area contributed by atoms with E-state index in [2.05, 4.69) is 141 Å². The van der Waals surface area contributed by atoms with Gasteiger partial charge in [0.15, 0.2) is 5.78 Å². The van der Waals surface area contributed by atoms with Gasteiger partial charge in [-0.2, -0.15) is 6.26 Å². The number of nitrogens with one attached hydrogen (secondary N) is 1. The minimum absolute atomic E-state index is 0. The largest absolute Gasteiger partial charge is 1.00 e. The number of hydrogen-bond donors (Lipinski definition) is 3. The summed E-state index contributed by atoms with van der Waals surface area (Å²) in [6, 6.07) is 35.6. The van der Waals surface area contributed by atoms with E-state index in [1.807, 2.05) is 77.9 Å². The van der Waals surface area contributed by atoms with E-state index in [9.17, 15) is 32.8 Å². The standard InChI is InChI=1S/C21H21N5O2S.C20H19N5O2.C16H10FN3O2S.C11H6BrFO3.C5H7N3S.C5H12N2.C4H4ClN3.CH4S.Na/c1-24-5-7-25(8-6-24)15-4-3-14-9-16(21(27)28-18(14)10-15)17-12-26-13-22-20(29-2)11-19(26)23-17;1-23-6-8-24(9-7-23)15-3-2-14-10-16(20(26)27-18(14)11-15)17-12-25-13-21-5-4-19(25)22-17;1-23-15-6-14-19-12(7-20(14)8-18-15)11-4-9-2-3-10(17)5-13(9)22-16(11)21;12-5-9(14)8-3-6-1-2-7(13)4-10(6)16-11(8)15;1-9-5-2-4(6)7-3-8-5;1-7-4-2-6-3-5-7;5-3-1-4(6)8-2-7-3;1-2;/h3-4,9-13H,5-8H2,1-2H3;2-5,10-13H,6-9H2,1H3;2-8H,1H3;1-4H,5H2;2-3H,1H3,(H2,6,7,8);6H,2-5H2,1H3;1-2H,(H2,6,7,8);2H,1H3;/q;;;;;;;;+1/p-1. The average Bonchev–Trinajstić information content (AvgIpc) is 1.57. The Morgan fingerprint density at radius 3 is 1.26 bits per heavy atom. The third kappa shape index (κ3) is 24.3. The van der Waals surface area contributed by atoms with E-state index >= 15 is 0 Å². The van der Waals surface area contributed by atoms with Gasteiger partial charge < -0.3 is 71.6 Å². The molecule has 0 aliphatic carbocycles. The second-order valence-corrected chi connectivity index (χ2v) is 30.6. The molecule has 5 N–H and O–H groups in total. The van der Waals surface area contributed by atoms with Gasteiger partial charge in [0.2, 0.25) is 0 Å². The summed E-state index contributed by atoms with van der Waals surface area (Å²) in [6.45, 7) is 12.7. The van der Waals surface area contributed by atoms with Crippen LogP contribution >= 0.6 is 62.8 Å². The van der Waals surface area contributed by atoms with Crippen molar-refractivity contribution in [2.45, 2.75) is 15.1 Å². The summed E-state index contributed by atoms with van der Waals surface area (Å²) in [5, 5.41) is 9.26. The van der Waals surface area contributed by atoms with Gasteiger partial charge in [-0.25, -0.2) is 77.8 Å². The number of rotatable bonds is 10. The van der Waals surface area contributed by atoms with Gasteiger partial charge in [0.1, 0.15) is 120 Å². The summed E-state index contributed by atoms with van der Waals surface area (Å²) in [4.78, 5) is 113. The van der Waals surface area contributed by atoms with E-state index < -0.39 is 22.9 Å². The summed E-state index contributed by atoms with van der Waals surface area (Å²) in [7, 11) is 6.42. The SMILES string of the molecule is CN1CCN(c2ccc3cc(-c4cn5cnccc5n4)c(=O)oc3c2)CC1.CN1CCNCC1.CSc1cc(N)ncn1.CSc1cc2nc(-c3cc4ccc(F)cc4oc3=O)cn2cn1.CSc1cc2nc(-c3cc4ccc(N5CCN(C)CC5)cc4oc3=O)cn2cn1.C[S-].Nc1cc(Cl)ncn1.O=C(CBr)c1cc2ccc(F)cc2oc1=O.[Na+]. The van der Waals surface area contributed by atoms with Crippen molar-refractivity contribution in [2.24, 2.45) is 0 Å². The molecule has 0 spiro atoms. The van der Waals surface area contributed by atoms with Gasteiger partial charge in [-0.15, -0.1) is 35.3 Å². The van der Waals surface area contributed by atoms with E-state index in [0.717, 1.165) is 120 Å². The zero-order valence-corrected chi connectivity index (χ0v) is 75.1. The molecule has 122 heavy (non-hydrogen) atoms. The van der Waals surface area contributed by atoms with Crippen molar-refractivity contribution in [3.05, 3.63) is 248 Å². The minimum atomic E-state index is -0.748. The quantitative estimate of drug-likeness (QED) is 0.0218. The van der Waals surface area contributed by atoms with E-state index in [1.165, 1.54) is 73.9 Å².